The van der Waals surface area contributed by atoms with Crippen molar-refractivity contribution in [2.24, 2.45) is 0 Å². The molecule has 1 amide bonds. The zero-order valence-electron chi connectivity index (χ0n) is 17.5. The fraction of sp³-hybridized carbons (Fsp3) is 0.227. The number of hydrogen-bond acceptors (Lipinski definition) is 7. The van der Waals surface area contributed by atoms with E-state index in [4.69, 9.17) is 5.73 Å². The second kappa shape index (κ2) is 9.49. The van der Waals surface area contributed by atoms with Crippen LogP contribution in [0.3, 0.4) is 0 Å². The van der Waals surface area contributed by atoms with Crippen molar-refractivity contribution in [1.82, 2.24) is 9.97 Å². The number of benzene rings is 2. The van der Waals surface area contributed by atoms with Gasteiger partial charge in [0.15, 0.2) is 5.16 Å². The van der Waals surface area contributed by atoms with Crippen LogP contribution in [-0.4, -0.2) is 30.0 Å². The number of carbonyl (C=O) groups is 1. The number of sulfone groups is 1. The summed E-state index contributed by atoms with van der Waals surface area (Å²) in [4.78, 5) is 20.3. The van der Waals surface area contributed by atoms with Crippen molar-refractivity contribution < 1.29 is 13.2 Å². The van der Waals surface area contributed by atoms with Crippen LogP contribution in [0.25, 0.3) is 0 Å². The summed E-state index contributed by atoms with van der Waals surface area (Å²) in [5.74, 6) is -0.298. The maximum atomic E-state index is 12.9. The summed E-state index contributed by atoms with van der Waals surface area (Å²) in [6.45, 7) is 5.82. The van der Waals surface area contributed by atoms with Crippen LogP contribution in [0.1, 0.15) is 23.6 Å². The third-order valence-electron chi connectivity index (χ3n) is 4.82. The van der Waals surface area contributed by atoms with Gasteiger partial charge < -0.3 is 11.1 Å². The summed E-state index contributed by atoms with van der Waals surface area (Å²) in [5.41, 5.74) is 9.68. The van der Waals surface area contributed by atoms with Gasteiger partial charge in [0, 0.05) is 5.69 Å². The molecule has 0 saturated heterocycles. The first kappa shape index (κ1) is 22.8. The predicted molar refractivity (Wildman–Crippen MR) is 123 cm³/mol. The summed E-state index contributed by atoms with van der Waals surface area (Å²) in [6.07, 6.45) is 2.12. The van der Waals surface area contributed by atoms with Gasteiger partial charge in [-0.1, -0.05) is 36.9 Å². The molecule has 0 radical (unpaired) electrons. The van der Waals surface area contributed by atoms with E-state index in [9.17, 15) is 13.2 Å². The third-order valence-corrected chi connectivity index (χ3v) is 7.45. The van der Waals surface area contributed by atoms with Gasteiger partial charge in [-0.05, 0) is 61.2 Å². The smallest absolute Gasteiger partial charge is 0.234 e. The van der Waals surface area contributed by atoms with Crippen molar-refractivity contribution >= 4 is 39.0 Å². The number of nitrogens with two attached hydrogens (primary N) is 1. The maximum Gasteiger partial charge on any atom is 0.234 e. The minimum atomic E-state index is -3.84. The summed E-state index contributed by atoms with van der Waals surface area (Å²) in [5, 5.41) is 3.03. The molecule has 7 nitrogen and oxygen atoms in total. The van der Waals surface area contributed by atoms with Crippen LogP contribution in [-0.2, 0) is 21.1 Å². The Morgan fingerprint density at radius 2 is 1.81 bits per heavy atom. The van der Waals surface area contributed by atoms with Gasteiger partial charge >= 0.3 is 0 Å². The molecule has 1 aromatic heterocycles. The van der Waals surface area contributed by atoms with Crippen LogP contribution >= 0.6 is 11.8 Å². The topological polar surface area (TPSA) is 115 Å². The number of rotatable bonds is 7. The van der Waals surface area contributed by atoms with Crippen molar-refractivity contribution in [3.05, 3.63) is 65.4 Å². The second-order valence-electron chi connectivity index (χ2n) is 7.04. The van der Waals surface area contributed by atoms with E-state index < -0.39 is 9.84 Å². The Morgan fingerprint density at radius 1 is 1.10 bits per heavy atom. The lowest BCUT2D eigenvalue weighted by atomic mass is 10.1. The molecule has 3 rings (SSSR count). The number of amides is 1. The quantitative estimate of drug-likeness (QED) is 0.410. The lowest BCUT2D eigenvalue weighted by molar-refractivity contribution is -0.113. The highest BCUT2D eigenvalue weighted by Crippen LogP contribution is 2.27. The molecule has 3 aromatic rings. The molecule has 0 aliphatic carbocycles. The monoisotopic (exact) mass is 456 g/mol. The highest BCUT2D eigenvalue weighted by molar-refractivity contribution is 7.99. The largest absolute Gasteiger partial charge is 0.382 e. The van der Waals surface area contributed by atoms with E-state index >= 15 is 0 Å². The molecule has 0 aliphatic rings. The van der Waals surface area contributed by atoms with E-state index in [1.54, 1.807) is 12.1 Å². The Bertz CT molecular complexity index is 1210. The zero-order chi connectivity index (χ0) is 22.6. The Morgan fingerprint density at radius 3 is 2.42 bits per heavy atom. The first-order valence-corrected chi connectivity index (χ1v) is 12.1. The third kappa shape index (κ3) is 5.42. The summed E-state index contributed by atoms with van der Waals surface area (Å²) < 4.78 is 25.8. The van der Waals surface area contributed by atoms with Gasteiger partial charge in [-0.15, -0.1) is 0 Å². The minimum absolute atomic E-state index is 0.0677. The molecule has 0 bridgehead atoms. The lowest BCUT2D eigenvalue weighted by Crippen LogP contribution is -2.14. The fourth-order valence-electron chi connectivity index (χ4n) is 2.80. The Hall–Kier alpha value is -2.91. The normalized spacial score (nSPS) is 11.3. The van der Waals surface area contributed by atoms with Gasteiger partial charge in [-0.3, -0.25) is 4.79 Å². The number of anilines is 2. The number of thioether (sulfide) groups is 1. The SMILES string of the molecule is CCc1ccc(NC(=O)CSc2ncc(S(=O)(=O)c3ccc(C)c(C)c3)c(N)n2)cc1. The lowest BCUT2D eigenvalue weighted by Gasteiger charge is -2.10. The van der Waals surface area contributed by atoms with Gasteiger partial charge in [0.1, 0.15) is 10.7 Å². The number of nitrogens with one attached hydrogen (secondary N) is 1. The number of nitrogen functional groups attached to an aromatic ring is 1. The first-order chi connectivity index (χ1) is 14.7. The zero-order valence-corrected chi connectivity index (χ0v) is 19.2. The van der Waals surface area contributed by atoms with E-state index in [1.165, 1.54) is 17.8 Å². The summed E-state index contributed by atoms with van der Waals surface area (Å²) >= 11 is 1.08. The van der Waals surface area contributed by atoms with Crippen LogP contribution < -0.4 is 11.1 Å². The van der Waals surface area contributed by atoms with Crippen molar-refractivity contribution in [2.45, 2.75) is 42.1 Å². The molecule has 9 heteroatoms. The van der Waals surface area contributed by atoms with E-state index in [2.05, 4.69) is 22.2 Å². The van der Waals surface area contributed by atoms with Gasteiger partial charge in [0.25, 0.3) is 0 Å². The average Bonchev–Trinajstić information content (AvgIpc) is 2.74. The molecular weight excluding hydrogens is 432 g/mol. The molecule has 0 aliphatic heterocycles. The maximum absolute atomic E-state index is 12.9. The summed E-state index contributed by atoms with van der Waals surface area (Å²) in [7, 11) is -3.84. The van der Waals surface area contributed by atoms with Gasteiger partial charge in [0.2, 0.25) is 15.7 Å². The molecule has 0 fully saturated rings. The molecular formula is C22H24N4O3S2. The number of aromatic nitrogens is 2. The first-order valence-electron chi connectivity index (χ1n) is 9.67. The highest BCUT2D eigenvalue weighted by Gasteiger charge is 2.23. The van der Waals surface area contributed by atoms with E-state index in [0.29, 0.717) is 5.69 Å². The number of aryl methyl sites for hydroxylation is 3. The van der Waals surface area contributed by atoms with Crippen molar-refractivity contribution in [1.29, 1.82) is 0 Å². The molecule has 0 unspecified atom stereocenters. The highest BCUT2D eigenvalue weighted by atomic mass is 32.2. The van der Waals surface area contributed by atoms with Crippen molar-refractivity contribution in [2.75, 3.05) is 16.8 Å². The number of carbonyl (C=O) groups excluding carboxylic acids is 1. The fourth-order valence-corrected chi connectivity index (χ4v) is 4.77. The minimum Gasteiger partial charge on any atom is -0.382 e. The molecule has 162 valence electrons. The number of hydrogen-bond donors (Lipinski definition) is 2. The molecule has 0 saturated carbocycles. The van der Waals surface area contributed by atoms with Crippen molar-refractivity contribution in [3.8, 4) is 0 Å². The predicted octanol–water partition coefficient (Wildman–Crippen LogP) is 3.80. The van der Waals surface area contributed by atoms with Crippen LogP contribution in [0.4, 0.5) is 11.5 Å². The molecule has 0 atom stereocenters. The standard InChI is InChI=1S/C22H24N4O3S2/c1-4-16-6-8-17(9-7-16)25-20(27)13-30-22-24-12-19(21(23)26-22)31(28,29)18-10-5-14(2)15(3)11-18/h5-12H,4,13H2,1-3H3,(H,25,27)(H2,23,24,26). The Kier molecular flexibility index (Phi) is 6.97. The van der Waals surface area contributed by atoms with Crippen LogP contribution in [0.5, 0.6) is 0 Å². The van der Waals surface area contributed by atoms with Gasteiger partial charge in [-0.25, -0.2) is 18.4 Å². The number of nitrogens with zero attached hydrogens (tertiary/aromatic N) is 2. The van der Waals surface area contributed by atoms with E-state index in [-0.39, 0.29) is 32.4 Å². The molecule has 3 N–H and O–H groups in total. The van der Waals surface area contributed by atoms with Crippen LogP contribution in [0.2, 0.25) is 0 Å². The molecule has 2 aromatic carbocycles. The van der Waals surface area contributed by atoms with Gasteiger partial charge in [0.05, 0.1) is 16.8 Å². The Labute approximate surface area is 186 Å². The molecule has 31 heavy (non-hydrogen) atoms. The Balaban J connectivity index is 1.68. The second-order valence-corrected chi connectivity index (χ2v) is 9.90. The molecule has 1 heterocycles. The van der Waals surface area contributed by atoms with Crippen LogP contribution in [0, 0.1) is 13.8 Å². The average molecular weight is 457 g/mol. The molecule has 0 spiro atoms. The van der Waals surface area contributed by atoms with E-state index in [1.807, 2.05) is 38.1 Å². The van der Waals surface area contributed by atoms with Crippen molar-refractivity contribution in [3.63, 3.8) is 0 Å². The summed E-state index contributed by atoms with van der Waals surface area (Å²) in [6, 6.07) is 12.5. The van der Waals surface area contributed by atoms with Gasteiger partial charge in [-0.2, -0.15) is 0 Å². The van der Waals surface area contributed by atoms with Crippen LogP contribution in [0.15, 0.2) is 63.6 Å². The van der Waals surface area contributed by atoms with E-state index in [0.717, 1.165) is 29.3 Å².